The van der Waals surface area contributed by atoms with Crippen molar-refractivity contribution in [1.29, 1.82) is 0 Å². The molecule has 0 atom stereocenters. The highest BCUT2D eigenvalue weighted by Gasteiger charge is 2.26. The molecular weight excluding hydrogens is 380 g/mol. The zero-order chi connectivity index (χ0) is 19.9. The fourth-order valence-corrected chi connectivity index (χ4v) is 2.85. The van der Waals surface area contributed by atoms with Crippen molar-refractivity contribution in [3.8, 4) is 11.5 Å². The first-order chi connectivity index (χ1) is 12.8. The minimum Gasteiger partial charge on any atom is -0.494 e. The molecule has 0 unspecified atom stereocenters. The van der Waals surface area contributed by atoms with E-state index < -0.39 is 26.4 Å². The van der Waals surface area contributed by atoms with E-state index in [1.54, 1.807) is 24.3 Å². The first-order valence-electron chi connectivity index (χ1n) is 8.10. The molecule has 0 heterocycles. The van der Waals surface area contributed by atoms with Crippen LogP contribution in [0.3, 0.4) is 0 Å². The van der Waals surface area contributed by atoms with E-state index in [9.17, 15) is 22.0 Å². The Hall–Kier alpha value is -2.68. The molecule has 2 aromatic rings. The second-order valence-corrected chi connectivity index (χ2v) is 7.26. The van der Waals surface area contributed by atoms with Gasteiger partial charge in [-0.05, 0) is 55.5 Å². The van der Waals surface area contributed by atoms with Gasteiger partial charge in [0.1, 0.15) is 18.1 Å². The molecule has 0 saturated carbocycles. The van der Waals surface area contributed by atoms with E-state index in [0.717, 1.165) is 17.9 Å². The molecule has 0 fully saturated rings. The summed E-state index contributed by atoms with van der Waals surface area (Å²) in [5.74, 6) is -2.62. The lowest BCUT2D eigenvalue weighted by Crippen LogP contribution is -2.28. The fourth-order valence-electron chi connectivity index (χ4n) is 2.13. The second-order valence-electron chi connectivity index (χ2n) is 5.34. The van der Waals surface area contributed by atoms with Gasteiger partial charge in [-0.3, -0.25) is 4.79 Å². The van der Waals surface area contributed by atoms with Crippen LogP contribution in [0, 0.1) is 0 Å². The molecule has 146 valence electrons. The van der Waals surface area contributed by atoms with Gasteiger partial charge in [0.25, 0.3) is 5.91 Å². The molecule has 0 saturated heterocycles. The number of nitrogens with one attached hydrogen (secondary N) is 1. The van der Waals surface area contributed by atoms with Crippen LogP contribution >= 0.6 is 0 Å². The molecule has 2 aromatic carbocycles. The number of amides is 1. The average Bonchev–Trinajstić information content (AvgIpc) is 2.66. The second kappa shape index (κ2) is 9.31. The van der Waals surface area contributed by atoms with E-state index in [1.807, 2.05) is 6.92 Å². The normalized spacial score (nSPS) is 11.3. The van der Waals surface area contributed by atoms with Crippen molar-refractivity contribution in [2.45, 2.75) is 17.6 Å². The lowest BCUT2D eigenvalue weighted by Gasteiger charge is -2.09. The summed E-state index contributed by atoms with van der Waals surface area (Å²) in [5.41, 5.74) is 0.157. The highest BCUT2D eigenvalue weighted by molar-refractivity contribution is 7.91. The Kier molecular flexibility index (Phi) is 7.12. The van der Waals surface area contributed by atoms with Gasteiger partial charge in [0, 0.05) is 5.56 Å². The van der Waals surface area contributed by atoms with E-state index in [0.29, 0.717) is 12.4 Å². The standard InChI is InChI=1S/C18H19F2NO5S/c1-2-25-14-5-7-15(8-6-14)26-12-11-21-17(22)13-3-9-16(10-4-13)27(23,24)18(19)20/h3-10,18H,2,11-12H2,1H3,(H,21,22). The third-order valence-corrected chi connectivity index (χ3v) is 4.87. The molecule has 1 amide bonds. The molecule has 9 heteroatoms. The Morgan fingerprint density at radius 3 is 2.07 bits per heavy atom. The summed E-state index contributed by atoms with van der Waals surface area (Å²) >= 11 is 0. The Balaban J connectivity index is 1.82. The number of hydrogen-bond acceptors (Lipinski definition) is 5. The molecule has 0 aliphatic heterocycles. The van der Waals surface area contributed by atoms with Crippen molar-refractivity contribution in [2.24, 2.45) is 0 Å². The van der Waals surface area contributed by atoms with Crippen molar-refractivity contribution in [1.82, 2.24) is 5.32 Å². The number of sulfone groups is 1. The van der Waals surface area contributed by atoms with Crippen LogP contribution in [0.1, 0.15) is 17.3 Å². The van der Waals surface area contributed by atoms with Crippen molar-refractivity contribution in [2.75, 3.05) is 19.8 Å². The summed E-state index contributed by atoms with van der Waals surface area (Å²) in [6.07, 6.45) is 0. The molecule has 0 bridgehead atoms. The maximum absolute atomic E-state index is 12.5. The zero-order valence-corrected chi connectivity index (χ0v) is 15.3. The van der Waals surface area contributed by atoms with Gasteiger partial charge in [0.15, 0.2) is 0 Å². The van der Waals surface area contributed by atoms with Crippen molar-refractivity contribution < 1.29 is 31.5 Å². The maximum atomic E-state index is 12.5. The van der Waals surface area contributed by atoms with E-state index >= 15 is 0 Å². The van der Waals surface area contributed by atoms with Gasteiger partial charge in [0.05, 0.1) is 18.0 Å². The Bertz CT molecular complexity index is 852. The van der Waals surface area contributed by atoms with Crippen LogP contribution in [0.2, 0.25) is 0 Å². The SMILES string of the molecule is CCOc1ccc(OCCNC(=O)c2ccc(S(=O)(=O)C(F)F)cc2)cc1. The number of hydrogen-bond donors (Lipinski definition) is 1. The average molecular weight is 399 g/mol. The summed E-state index contributed by atoms with van der Waals surface area (Å²) in [4.78, 5) is 11.5. The fraction of sp³-hybridized carbons (Fsp3) is 0.278. The number of rotatable bonds is 9. The van der Waals surface area contributed by atoms with Crippen molar-refractivity contribution in [3.63, 3.8) is 0 Å². The van der Waals surface area contributed by atoms with Gasteiger partial charge < -0.3 is 14.8 Å². The number of carbonyl (C=O) groups is 1. The zero-order valence-electron chi connectivity index (χ0n) is 14.5. The lowest BCUT2D eigenvalue weighted by atomic mass is 10.2. The highest BCUT2D eigenvalue weighted by atomic mass is 32.2. The molecule has 0 spiro atoms. The van der Waals surface area contributed by atoms with Crippen LogP contribution in [-0.4, -0.2) is 39.8 Å². The van der Waals surface area contributed by atoms with E-state index in [1.165, 1.54) is 12.1 Å². The summed E-state index contributed by atoms with van der Waals surface area (Å²) in [5, 5.41) is 2.60. The van der Waals surface area contributed by atoms with Gasteiger partial charge in [0.2, 0.25) is 9.84 Å². The van der Waals surface area contributed by atoms with E-state index in [2.05, 4.69) is 5.32 Å². The monoisotopic (exact) mass is 399 g/mol. The van der Waals surface area contributed by atoms with Gasteiger partial charge >= 0.3 is 5.76 Å². The summed E-state index contributed by atoms with van der Waals surface area (Å²) in [7, 11) is -4.67. The van der Waals surface area contributed by atoms with Crippen LogP contribution in [-0.2, 0) is 9.84 Å². The first-order valence-corrected chi connectivity index (χ1v) is 9.65. The van der Waals surface area contributed by atoms with Crippen molar-refractivity contribution >= 4 is 15.7 Å². The van der Waals surface area contributed by atoms with Crippen LogP contribution < -0.4 is 14.8 Å². The minimum absolute atomic E-state index is 0.157. The number of ether oxygens (including phenoxy) is 2. The third kappa shape index (κ3) is 5.65. The molecule has 0 aliphatic rings. The quantitative estimate of drug-likeness (QED) is 0.656. The van der Waals surface area contributed by atoms with Gasteiger partial charge in [-0.1, -0.05) is 0 Å². The Morgan fingerprint density at radius 2 is 1.56 bits per heavy atom. The lowest BCUT2D eigenvalue weighted by molar-refractivity contribution is 0.0947. The molecule has 6 nitrogen and oxygen atoms in total. The van der Waals surface area contributed by atoms with Gasteiger partial charge in [-0.15, -0.1) is 0 Å². The topological polar surface area (TPSA) is 81.7 Å². The van der Waals surface area contributed by atoms with Gasteiger partial charge in [-0.2, -0.15) is 8.78 Å². The Morgan fingerprint density at radius 1 is 1.00 bits per heavy atom. The number of alkyl halides is 2. The highest BCUT2D eigenvalue weighted by Crippen LogP contribution is 2.19. The molecule has 1 N–H and O–H groups in total. The maximum Gasteiger partial charge on any atom is 0.341 e. The predicted octanol–water partition coefficient (Wildman–Crippen LogP) is 2.89. The largest absolute Gasteiger partial charge is 0.494 e. The number of benzene rings is 2. The van der Waals surface area contributed by atoms with E-state index in [-0.39, 0.29) is 18.7 Å². The first kappa shape index (κ1) is 20.6. The smallest absolute Gasteiger partial charge is 0.341 e. The molecule has 0 aliphatic carbocycles. The molecule has 0 aromatic heterocycles. The van der Waals surface area contributed by atoms with Crippen LogP contribution in [0.5, 0.6) is 11.5 Å². The Labute approximate surface area is 156 Å². The third-order valence-electron chi connectivity index (χ3n) is 3.47. The predicted molar refractivity (Wildman–Crippen MR) is 95.1 cm³/mol. The van der Waals surface area contributed by atoms with Gasteiger partial charge in [-0.25, -0.2) is 8.42 Å². The number of carbonyl (C=O) groups excluding carboxylic acids is 1. The molecule has 2 rings (SSSR count). The molecule has 27 heavy (non-hydrogen) atoms. The number of halogens is 2. The summed E-state index contributed by atoms with van der Waals surface area (Å²) in [6.45, 7) is 2.89. The van der Waals surface area contributed by atoms with Crippen molar-refractivity contribution in [3.05, 3.63) is 54.1 Å². The van der Waals surface area contributed by atoms with E-state index in [4.69, 9.17) is 9.47 Å². The summed E-state index contributed by atoms with van der Waals surface area (Å²) in [6, 6.07) is 11.3. The molecule has 0 radical (unpaired) electrons. The summed E-state index contributed by atoms with van der Waals surface area (Å²) < 4.78 is 58.4. The van der Waals surface area contributed by atoms with Crippen LogP contribution in [0.4, 0.5) is 8.78 Å². The van der Waals surface area contributed by atoms with Crippen LogP contribution in [0.15, 0.2) is 53.4 Å². The molecular formula is C18H19F2NO5S. The minimum atomic E-state index is -4.67. The van der Waals surface area contributed by atoms with Crippen LogP contribution in [0.25, 0.3) is 0 Å².